The predicted octanol–water partition coefficient (Wildman–Crippen LogP) is 3.62. The SMILES string of the molecule is O=C(CCc1ccc(Cl)cc1)N1CCN(Cc2ccccc2)CC1. The summed E-state index contributed by atoms with van der Waals surface area (Å²) in [5.74, 6) is 0.254. The number of rotatable bonds is 5. The highest BCUT2D eigenvalue weighted by molar-refractivity contribution is 6.30. The Balaban J connectivity index is 1.42. The van der Waals surface area contributed by atoms with Gasteiger partial charge in [0, 0.05) is 44.2 Å². The van der Waals surface area contributed by atoms with Gasteiger partial charge in [-0.25, -0.2) is 0 Å². The average molecular weight is 343 g/mol. The van der Waals surface area contributed by atoms with E-state index in [-0.39, 0.29) is 5.91 Å². The second-order valence-corrected chi connectivity index (χ2v) is 6.71. The summed E-state index contributed by atoms with van der Waals surface area (Å²) in [6.07, 6.45) is 1.35. The molecule has 1 amide bonds. The van der Waals surface area contributed by atoms with E-state index in [1.165, 1.54) is 5.56 Å². The monoisotopic (exact) mass is 342 g/mol. The van der Waals surface area contributed by atoms with Gasteiger partial charge < -0.3 is 4.90 Å². The van der Waals surface area contributed by atoms with Crippen LogP contribution in [0, 0.1) is 0 Å². The Morgan fingerprint density at radius 1 is 0.875 bits per heavy atom. The highest BCUT2D eigenvalue weighted by Gasteiger charge is 2.20. The molecule has 0 saturated carbocycles. The first-order chi connectivity index (χ1) is 11.7. The molecule has 0 unspecified atom stereocenters. The molecular weight excluding hydrogens is 320 g/mol. The van der Waals surface area contributed by atoms with Crippen molar-refractivity contribution in [2.24, 2.45) is 0 Å². The summed E-state index contributed by atoms with van der Waals surface area (Å²) in [5.41, 5.74) is 2.50. The molecule has 3 rings (SSSR count). The van der Waals surface area contributed by atoms with E-state index in [1.807, 2.05) is 35.2 Å². The summed E-state index contributed by atoms with van der Waals surface area (Å²) in [6.45, 7) is 4.51. The van der Waals surface area contributed by atoms with Crippen LogP contribution >= 0.6 is 11.6 Å². The molecule has 24 heavy (non-hydrogen) atoms. The Kier molecular flexibility index (Phi) is 5.89. The third-order valence-corrected chi connectivity index (χ3v) is 4.77. The first-order valence-electron chi connectivity index (χ1n) is 8.49. The van der Waals surface area contributed by atoms with Crippen LogP contribution in [-0.2, 0) is 17.8 Å². The number of hydrogen-bond acceptors (Lipinski definition) is 2. The molecule has 2 aromatic rings. The lowest BCUT2D eigenvalue weighted by molar-refractivity contribution is -0.133. The van der Waals surface area contributed by atoms with E-state index in [1.54, 1.807) is 0 Å². The van der Waals surface area contributed by atoms with E-state index >= 15 is 0 Å². The van der Waals surface area contributed by atoms with E-state index in [0.29, 0.717) is 6.42 Å². The minimum absolute atomic E-state index is 0.254. The maximum atomic E-state index is 12.4. The zero-order chi connectivity index (χ0) is 16.8. The fourth-order valence-corrected chi connectivity index (χ4v) is 3.18. The van der Waals surface area contributed by atoms with Gasteiger partial charge in [-0.2, -0.15) is 0 Å². The van der Waals surface area contributed by atoms with E-state index in [0.717, 1.165) is 49.7 Å². The Morgan fingerprint density at radius 3 is 2.21 bits per heavy atom. The van der Waals surface area contributed by atoms with Crippen molar-refractivity contribution >= 4 is 17.5 Å². The third kappa shape index (κ3) is 4.83. The number of benzene rings is 2. The van der Waals surface area contributed by atoms with Crippen molar-refractivity contribution in [3.8, 4) is 0 Å². The molecular formula is C20H23ClN2O. The molecule has 1 saturated heterocycles. The van der Waals surface area contributed by atoms with Gasteiger partial charge >= 0.3 is 0 Å². The number of aryl methyl sites for hydroxylation is 1. The van der Waals surface area contributed by atoms with Gasteiger partial charge in [0.1, 0.15) is 0 Å². The number of carbonyl (C=O) groups excluding carboxylic acids is 1. The highest BCUT2D eigenvalue weighted by atomic mass is 35.5. The van der Waals surface area contributed by atoms with Crippen LogP contribution in [0.15, 0.2) is 54.6 Å². The molecule has 126 valence electrons. The van der Waals surface area contributed by atoms with E-state index in [2.05, 4.69) is 29.2 Å². The molecule has 4 heteroatoms. The molecule has 1 aliphatic heterocycles. The molecule has 0 N–H and O–H groups in total. The van der Waals surface area contributed by atoms with Gasteiger partial charge in [0.15, 0.2) is 0 Å². The lowest BCUT2D eigenvalue weighted by Gasteiger charge is -2.34. The molecule has 3 nitrogen and oxygen atoms in total. The number of piperazine rings is 1. The maximum Gasteiger partial charge on any atom is 0.222 e. The first kappa shape index (κ1) is 17.0. The number of carbonyl (C=O) groups is 1. The van der Waals surface area contributed by atoms with Crippen molar-refractivity contribution in [3.63, 3.8) is 0 Å². The Hall–Kier alpha value is -1.84. The lowest BCUT2D eigenvalue weighted by Crippen LogP contribution is -2.48. The molecule has 2 aromatic carbocycles. The fraction of sp³-hybridized carbons (Fsp3) is 0.350. The second kappa shape index (κ2) is 8.32. The molecule has 0 spiro atoms. The molecule has 0 aliphatic carbocycles. The molecule has 0 aromatic heterocycles. The van der Waals surface area contributed by atoms with Crippen LogP contribution in [0.5, 0.6) is 0 Å². The van der Waals surface area contributed by atoms with Crippen molar-refractivity contribution in [1.29, 1.82) is 0 Å². The Morgan fingerprint density at radius 2 is 1.54 bits per heavy atom. The van der Waals surface area contributed by atoms with Crippen molar-refractivity contribution in [2.75, 3.05) is 26.2 Å². The van der Waals surface area contributed by atoms with Gasteiger partial charge in [0.05, 0.1) is 0 Å². The van der Waals surface area contributed by atoms with Gasteiger partial charge in [-0.1, -0.05) is 54.1 Å². The smallest absolute Gasteiger partial charge is 0.222 e. The second-order valence-electron chi connectivity index (χ2n) is 6.27. The van der Waals surface area contributed by atoms with E-state index in [9.17, 15) is 4.79 Å². The summed E-state index contributed by atoms with van der Waals surface area (Å²) in [7, 11) is 0. The van der Waals surface area contributed by atoms with Gasteiger partial charge in [0.25, 0.3) is 0 Å². The molecule has 0 atom stereocenters. The molecule has 1 heterocycles. The van der Waals surface area contributed by atoms with Crippen molar-refractivity contribution in [1.82, 2.24) is 9.80 Å². The van der Waals surface area contributed by atoms with Crippen molar-refractivity contribution < 1.29 is 4.79 Å². The number of halogens is 1. The van der Waals surface area contributed by atoms with Gasteiger partial charge in [-0.05, 0) is 29.7 Å². The van der Waals surface area contributed by atoms with Gasteiger partial charge in [-0.3, -0.25) is 9.69 Å². The maximum absolute atomic E-state index is 12.4. The van der Waals surface area contributed by atoms with Crippen LogP contribution in [0.3, 0.4) is 0 Å². The van der Waals surface area contributed by atoms with E-state index in [4.69, 9.17) is 11.6 Å². The van der Waals surface area contributed by atoms with Crippen LogP contribution < -0.4 is 0 Å². The Labute approximate surface area is 148 Å². The average Bonchev–Trinajstić information content (AvgIpc) is 2.62. The van der Waals surface area contributed by atoms with Gasteiger partial charge in [-0.15, -0.1) is 0 Å². The fourth-order valence-electron chi connectivity index (χ4n) is 3.06. The molecule has 1 fully saturated rings. The largest absolute Gasteiger partial charge is 0.340 e. The zero-order valence-corrected chi connectivity index (χ0v) is 14.6. The number of amides is 1. The number of hydrogen-bond donors (Lipinski definition) is 0. The third-order valence-electron chi connectivity index (χ3n) is 4.51. The summed E-state index contributed by atoms with van der Waals surface area (Å²) in [6, 6.07) is 18.3. The summed E-state index contributed by atoms with van der Waals surface area (Å²) >= 11 is 5.89. The van der Waals surface area contributed by atoms with Crippen LogP contribution in [0.1, 0.15) is 17.5 Å². The lowest BCUT2D eigenvalue weighted by atomic mass is 10.1. The quantitative estimate of drug-likeness (QED) is 0.828. The van der Waals surface area contributed by atoms with Crippen LogP contribution in [0.25, 0.3) is 0 Å². The number of nitrogens with zero attached hydrogens (tertiary/aromatic N) is 2. The summed E-state index contributed by atoms with van der Waals surface area (Å²) in [4.78, 5) is 16.8. The van der Waals surface area contributed by atoms with Crippen LogP contribution in [0.4, 0.5) is 0 Å². The normalized spacial score (nSPS) is 15.5. The van der Waals surface area contributed by atoms with Gasteiger partial charge in [0.2, 0.25) is 5.91 Å². The highest BCUT2D eigenvalue weighted by Crippen LogP contribution is 2.13. The van der Waals surface area contributed by atoms with Crippen LogP contribution in [0.2, 0.25) is 5.02 Å². The van der Waals surface area contributed by atoms with Crippen molar-refractivity contribution in [3.05, 3.63) is 70.7 Å². The molecule has 0 radical (unpaired) electrons. The topological polar surface area (TPSA) is 23.6 Å². The Bertz CT molecular complexity index is 649. The summed E-state index contributed by atoms with van der Waals surface area (Å²) in [5, 5.41) is 0.736. The molecule has 0 bridgehead atoms. The molecule has 1 aliphatic rings. The minimum Gasteiger partial charge on any atom is -0.340 e. The minimum atomic E-state index is 0.254. The first-order valence-corrected chi connectivity index (χ1v) is 8.87. The van der Waals surface area contributed by atoms with E-state index < -0.39 is 0 Å². The standard InChI is InChI=1S/C20H23ClN2O/c21-19-9-6-17(7-10-19)8-11-20(24)23-14-12-22(13-15-23)16-18-4-2-1-3-5-18/h1-7,9-10H,8,11-16H2. The summed E-state index contributed by atoms with van der Waals surface area (Å²) < 4.78 is 0. The zero-order valence-electron chi connectivity index (χ0n) is 13.8. The van der Waals surface area contributed by atoms with Crippen LogP contribution in [-0.4, -0.2) is 41.9 Å². The van der Waals surface area contributed by atoms with Crippen molar-refractivity contribution in [2.45, 2.75) is 19.4 Å². The predicted molar refractivity (Wildman–Crippen MR) is 98.1 cm³/mol.